The van der Waals surface area contributed by atoms with E-state index < -0.39 is 12.8 Å². The van der Waals surface area contributed by atoms with Crippen LogP contribution in [0.5, 0.6) is 0 Å². The normalized spacial score (nSPS) is 13.3. The van der Waals surface area contributed by atoms with Crippen molar-refractivity contribution in [2.75, 3.05) is 26.3 Å². The Labute approximate surface area is 124 Å². The van der Waals surface area contributed by atoms with E-state index in [1.54, 1.807) is 0 Å². The molecule has 0 aliphatic rings. The molecule has 0 aliphatic carbocycles. The van der Waals surface area contributed by atoms with Gasteiger partial charge in [-0.3, -0.25) is 0 Å². The van der Waals surface area contributed by atoms with Gasteiger partial charge in [0.2, 0.25) is 0 Å². The number of nitrogens with one attached hydrogen (secondary N) is 1. The van der Waals surface area contributed by atoms with Gasteiger partial charge in [-0.25, -0.2) is 0 Å². The maximum Gasteiger partial charge on any atom is 0.411 e. The van der Waals surface area contributed by atoms with Gasteiger partial charge in [0.25, 0.3) is 0 Å². The van der Waals surface area contributed by atoms with Crippen LogP contribution in [0.4, 0.5) is 13.2 Å². The average Bonchev–Trinajstić information content (AvgIpc) is 2.45. The van der Waals surface area contributed by atoms with Gasteiger partial charge in [0.15, 0.2) is 0 Å². The summed E-state index contributed by atoms with van der Waals surface area (Å²) in [5, 5.41) is 3.38. The quantitative estimate of drug-likeness (QED) is 0.656. The average molecular weight is 303 g/mol. The molecule has 0 bridgehead atoms. The lowest BCUT2D eigenvalue weighted by Gasteiger charge is -2.18. The molecule has 1 aromatic rings. The van der Waals surface area contributed by atoms with Gasteiger partial charge in [-0.1, -0.05) is 37.3 Å². The third-order valence-corrected chi connectivity index (χ3v) is 3.20. The molecule has 0 amide bonds. The molecule has 1 atom stereocenters. The van der Waals surface area contributed by atoms with Crippen LogP contribution in [0.25, 0.3) is 0 Å². The van der Waals surface area contributed by atoms with E-state index in [1.165, 1.54) is 5.56 Å². The number of alkyl halides is 3. The molecule has 1 N–H and O–H groups in total. The van der Waals surface area contributed by atoms with E-state index >= 15 is 0 Å². The van der Waals surface area contributed by atoms with Gasteiger partial charge in [-0.05, 0) is 37.3 Å². The van der Waals surface area contributed by atoms with Crippen molar-refractivity contribution in [3.8, 4) is 0 Å². The fourth-order valence-electron chi connectivity index (χ4n) is 2.18. The highest BCUT2D eigenvalue weighted by Crippen LogP contribution is 2.21. The fraction of sp³-hybridized carbons (Fsp3) is 0.625. The molecule has 0 spiro atoms. The molecule has 120 valence electrons. The van der Waals surface area contributed by atoms with Gasteiger partial charge in [0, 0.05) is 13.2 Å². The Balaban J connectivity index is 2.35. The molecule has 1 rings (SSSR count). The number of hydrogen-bond donors (Lipinski definition) is 1. The summed E-state index contributed by atoms with van der Waals surface area (Å²) < 4.78 is 40.6. The van der Waals surface area contributed by atoms with Crippen molar-refractivity contribution >= 4 is 0 Å². The topological polar surface area (TPSA) is 21.3 Å². The summed E-state index contributed by atoms with van der Waals surface area (Å²) in [6.45, 7) is 2.90. The molecule has 0 aromatic heterocycles. The summed E-state index contributed by atoms with van der Waals surface area (Å²) >= 11 is 0. The number of ether oxygens (including phenoxy) is 1. The molecular formula is C16H24F3NO. The van der Waals surface area contributed by atoms with Crippen molar-refractivity contribution in [2.45, 2.75) is 38.3 Å². The van der Waals surface area contributed by atoms with E-state index in [9.17, 15) is 13.2 Å². The van der Waals surface area contributed by atoms with E-state index in [-0.39, 0.29) is 6.61 Å². The monoisotopic (exact) mass is 303 g/mol. The Morgan fingerprint density at radius 1 is 1.19 bits per heavy atom. The van der Waals surface area contributed by atoms with Crippen LogP contribution in [-0.2, 0) is 4.74 Å². The predicted octanol–water partition coefficient (Wildman–Crippen LogP) is 4.13. The maximum atomic E-state index is 12.0. The second-order valence-electron chi connectivity index (χ2n) is 5.12. The molecule has 0 radical (unpaired) electrons. The fourth-order valence-corrected chi connectivity index (χ4v) is 2.18. The van der Waals surface area contributed by atoms with Crippen molar-refractivity contribution in [1.82, 2.24) is 5.32 Å². The SMILES string of the molecule is CCCNCC(CCCOCC(F)(F)F)c1ccccc1. The van der Waals surface area contributed by atoms with Crippen molar-refractivity contribution < 1.29 is 17.9 Å². The third-order valence-electron chi connectivity index (χ3n) is 3.20. The van der Waals surface area contributed by atoms with Gasteiger partial charge >= 0.3 is 6.18 Å². The number of benzene rings is 1. The second kappa shape index (κ2) is 9.79. The molecule has 2 nitrogen and oxygen atoms in total. The summed E-state index contributed by atoms with van der Waals surface area (Å²) in [6, 6.07) is 10.1. The smallest absolute Gasteiger partial charge is 0.372 e. The van der Waals surface area contributed by atoms with E-state index in [0.717, 1.165) is 25.9 Å². The first kappa shape index (κ1) is 18.0. The van der Waals surface area contributed by atoms with Gasteiger partial charge in [0.05, 0.1) is 0 Å². The summed E-state index contributed by atoms with van der Waals surface area (Å²) in [4.78, 5) is 0. The third kappa shape index (κ3) is 8.73. The van der Waals surface area contributed by atoms with Crippen LogP contribution in [0.2, 0.25) is 0 Å². The van der Waals surface area contributed by atoms with Crippen LogP contribution in [0.1, 0.15) is 37.7 Å². The first-order valence-corrected chi connectivity index (χ1v) is 7.43. The Bertz CT molecular complexity index is 368. The van der Waals surface area contributed by atoms with E-state index in [2.05, 4.69) is 29.1 Å². The largest absolute Gasteiger partial charge is 0.411 e. The molecule has 0 saturated carbocycles. The standard InChI is InChI=1S/C16H24F3NO/c1-2-10-20-12-15(14-7-4-3-5-8-14)9-6-11-21-13-16(17,18)19/h3-5,7-8,15,20H,2,6,9-13H2,1H3. The minimum Gasteiger partial charge on any atom is -0.372 e. The van der Waals surface area contributed by atoms with Crippen LogP contribution in [0.3, 0.4) is 0 Å². The van der Waals surface area contributed by atoms with Crippen molar-refractivity contribution in [2.24, 2.45) is 0 Å². The van der Waals surface area contributed by atoms with E-state index in [1.807, 2.05) is 18.2 Å². The summed E-state index contributed by atoms with van der Waals surface area (Å²) in [5.74, 6) is 0.312. The Kier molecular flexibility index (Phi) is 8.38. The van der Waals surface area contributed by atoms with Gasteiger partial charge < -0.3 is 10.1 Å². The van der Waals surface area contributed by atoms with Gasteiger partial charge in [0.1, 0.15) is 6.61 Å². The lowest BCUT2D eigenvalue weighted by molar-refractivity contribution is -0.174. The zero-order chi connectivity index (χ0) is 15.6. The summed E-state index contributed by atoms with van der Waals surface area (Å²) in [5.41, 5.74) is 1.22. The lowest BCUT2D eigenvalue weighted by Crippen LogP contribution is -2.23. The van der Waals surface area contributed by atoms with E-state index in [4.69, 9.17) is 0 Å². The maximum absolute atomic E-state index is 12.0. The summed E-state index contributed by atoms with van der Waals surface area (Å²) in [6.07, 6.45) is -1.72. The number of halogens is 3. The minimum absolute atomic E-state index is 0.149. The highest BCUT2D eigenvalue weighted by Gasteiger charge is 2.27. The number of hydrogen-bond acceptors (Lipinski definition) is 2. The van der Waals surface area contributed by atoms with Crippen LogP contribution >= 0.6 is 0 Å². The molecule has 21 heavy (non-hydrogen) atoms. The van der Waals surface area contributed by atoms with Crippen molar-refractivity contribution in [3.63, 3.8) is 0 Å². The number of rotatable bonds is 10. The second-order valence-corrected chi connectivity index (χ2v) is 5.12. The Hall–Kier alpha value is -1.07. The van der Waals surface area contributed by atoms with Gasteiger partial charge in [-0.2, -0.15) is 13.2 Å². The first-order chi connectivity index (χ1) is 10.0. The summed E-state index contributed by atoms with van der Waals surface area (Å²) in [7, 11) is 0. The molecule has 0 heterocycles. The Morgan fingerprint density at radius 2 is 1.90 bits per heavy atom. The first-order valence-electron chi connectivity index (χ1n) is 7.43. The predicted molar refractivity (Wildman–Crippen MR) is 78.5 cm³/mol. The van der Waals surface area contributed by atoms with Crippen LogP contribution in [-0.4, -0.2) is 32.5 Å². The van der Waals surface area contributed by atoms with Crippen LogP contribution in [0, 0.1) is 0 Å². The molecule has 1 unspecified atom stereocenters. The molecule has 0 fully saturated rings. The Morgan fingerprint density at radius 3 is 2.52 bits per heavy atom. The molecular weight excluding hydrogens is 279 g/mol. The minimum atomic E-state index is -4.23. The van der Waals surface area contributed by atoms with Crippen molar-refractivity contribution in [3.05, 3.63) is 35.9 Å². The highest BCUT2D eigenvalue weighted by molar-refractivity contribution is 5.19. The van der Waals surface area contributed by atoms with Crippen molar-refractivity contribution in [1.29, 1.82) is 0 Å². The zero-order valence-electron chi connectivity index (χ0n) is 12.5. The molecule has 5 heteroatoms. The molecule has 1 aromatic carbocycles. The zero-order valence-corrected chi connectivity index (χ0v) is 12.5. The molecule has 0 saturated heterocycles. The van der Waals surface area contributed by atoms with Crippen LogP contribution in [0.15, 0.2) is 30.3 Å². The van der Waals surface area contributed by atoms with Crippen LogP contribution < -0.4 is 5.32 Å². The van der Waals surface area contributed by atoms with E-state index in [0.29, 0.717) is 12.3 Å². The molecule has 0 aliphatic heterocycles. The van der Waals surface area contributed by atoms with Gasteiger partial charge in [-0.15, -0.1) is 0 Å². The lowest BCUT2D eigenvalue weighted by atomic mass is 9.94. The highest BCUT2D eigenvalue weighted by atomic mass is 19.4.